The quantitative estimate of drug-likeness (QED) is 0.866. The normalized spacial score (nSPS) is 18.6. The molecule has 1 heterocycles. The van der Waals surface area contributed by atoms with Crippen molar-refractivity contribution in [3.05, 3.63) is 22.7 Å². The van der Waals surface area contributed by atoms with Gasteiger partial charge < -0.3 is 15.2 Å². The molecule has 1 aliphatic rings. The van der Waals surface area contributed by atoms with E-state index in [1.54, 1.807) is 6.07 Å². The van der Waals surface area contributed by atoms with Crippen LogP contribution < -0.4 is 15.2 Å². The van der Waals surface area contributed by atoms with Crippen molar-refractivity contribution >= 4 is 11.6 Å². The highest BCUT2D eigenvalue weighted by atomic mass is 35.5. The molecule has 1 unspecified atom stereocenters. The topological polar surface area (TPSA) is 44.5 Å². The van der Waals surface area contributed by atoms with Gasteiger partial charge in [-0.1, -0.05) is 18.5 Å². The van der Waals surface area contributed by atoms with Gasteiger partial charge in [-0.25, -0.2) is 0 Å². The molecule has 3 nitrogen and oxygen atoms in total. The summed E-state index contributed by atoms with van der Waals surface area (Å²) in [6, 6.07) is 3.72. The van der Waals surface area contributed by atoms with Crippen LogP contribution in [0.5, 0.6) is 11.5 Å². The summed E-state index contributed by atoms with van der Waals surface area (Å²) in [7, 11) is 0. The highest BCUT2D eigenvalue weighted by Crippen LogP contribution is 2.43. The highest BCUT2D eigenvalue weighted by molar-refractivity contribution is 6.31. The minimum absolute atomic E-state index is 0.213. The minimum atomic E-state index is -0.615. The molecule has 0 bridgehead atoms. The Labute approximate surface area is 100 Å². The van der Waals surface area contributed by atoms with Crippen LogP contribution in [0, 0.1) is 0 Å². The molecule has 1 aromatic rings. The van der Waals surface area contributed by atoms with Crippen molar-refractivity contribution in [1.29, 1.82) is 0 Å². The number of fused-ring (bicyclic) bond motifs is 1. The van der Waals surface area contributed by atoms with Crippen LogP contribution in [0.3, 0.4) is 0 Å². The molecule has 2 N–H and O–H groups in total. The minimum Gasteiger partial charge on any atom is -0.449 e. The number of benzene rings is 1. The van der Waals surface area contributed by atoms with Crippen LogP contribution in [0.15, 0.2) is 12.1 Å². The number of nitrogens with two attached hydrogens (primary N) is 1. The van der Waals surface area contributed by atoms with E-state index in [2.05, 4.69) is 0 Å². The first-order chi connectivity index (χ1) is 7.43. The summed E-state index contributed by atoms with van der Waals surface area (Å²) >= 11 is 6.18. The molecule has 0 saturated heterocycles. The number of hydrogen-bond acceptors (Lipinski definition) is 3. The van der Waals surface area contributed by atoms with Crippen LogP contribution >= 0.6 is 11.6 Å². The fourth-order valence-corrected chi connectivity index (χ4v) is 2.11. The van der Waals surface area contributed by atoms with Crippen molar-refractivity contribution in [2.24, 2.45) is 5.73 Å². The zero-order chi connectivity index (χ0) is 11.9. The fraction of sp³-hybridized carbons (Fsp3) is 0.500. The summed E-state index contributed by atoms with van der Waals surface area (Å²) in [4.78, 5) is 0. The molecule has 0 saturated carbocycles. The van der Waals surface area contributed by atoms with Gasteiger partial charge in [-0.15, -0.1) is 0 Å². The first-order valence-corrected chi connectivity index (χ1v) is 5.72. The lowest BCUT2D eigenvalue weighted by molar-refractivity contribution is -0.0431. The Morgan fingerprint density at radius 1 is 1.31 bits per heavy atom. The molecule has 1 atom stereocenters. The predicted octanol–water partition coefficient (Wildman–Crippen LogP) is 2.91. The van der Waals surface area contributed by atoms with Gasteiger partial charge in [0.25, 0.3) is 0 Å². The van der Waals surface area contributed by atoms with Crippen LogP contribution in [0.2, 0.25) is 5.02 Å². The predicted molar refractivity (Wildman–Crippen MR) is 64.3 cm³/mol. The Morgan fingerprint density at radius 2 is 1.88 bits per heavy atom. The van der Waals surface area contributed by atoms with Crippen molar-refractivity contribution in [3.63, 3.8) is 0 Å². The average Bonchev–Trinajstić information content (AvgIpc) is 2.48. The molecule has 0 radical (unpaired) electrons. The van der Waals surface area contributed by atoms with E-state index in [1.165, 1.54) is 0 Å². The number of halogens is 1. The molecule has 0 aromatic heterocycles. The maximum absolute atomic E-state index is 6.18. The zero-order valence-electron chi connectivity index (χ0n) is 9.71. The molecule has 0 fully saturated rings. The van der Waals surface area contributed by atoms with E-state index < -0.39 is 5.79 Å². The summed E-state index contributed by atoms with van der Waals surface area (Å²) in [5.74, 6) is 1.04. The first kappa shape index (κ1) is 11.6. The van der Waals surface area contributed by atoms with Gasteiger partial charge >= 0.3 is 0 Å². The van der Waals surface area contributed by atoms with Gasteiger partial charge in [0.15, 0.2) is 11.5 Å². The van der Waals surface area contributed by atoms with Gasteiger partial charge in [-0.3, -0.25) is 0 Å². The van der Waals surface area contributed by atoms with Crippen molar-refractivity contribution in [2.45, 2.75) is 32.5 Å². The second-order valence-electron chi connectivity index (χ2n) is 4.56. The molecule has 4 heteroatoms. The second-order valence-corrected chi connectivity index (χ2v) is 4.97. The van der Waals surface area contributed by atoms with E-state index >= 15 is 0 Å². The van der Waals surface area contributed by atoms with Gasteiger partial charge in [-0.2, -0.15) is 0 Å². The lowest BCUT2D eigenvalue weighted by atomic mass is 10.0. The van der Waals surface area contributed by atoms with Crippen LogP contribution in [-0.2, 0) is 0 Å². The first-order valence-electron chi connectivity index (χ1n) is 5.34. The third-order valence-corrected chi connectivity index (χ3v) is 2.99. The van der Waals surface area contributed by atoms with Gasteiger partial charge in [0.1, 0.15) is 0 Å². The van der Waals surface area contributed by atoms with Crippen LogP contribution in [0.25, 0.3) is 0 Å². The van der Waals surface area contributed by atoms with Crippen LogP contribution in [0.4, 0.5) is 0 Å². The molecular weight excluding hydrogens is 226 g/mol. The van der Waals surface area contributed by atoms with E-state index in [0.29, 0.717) is 17.3 Å². The highest BCUT2D eigenvalue weighted by Gasteiger charge is 2.32. The van der Waals surface area contributed by atoms with E-state index in [9.17, 15) is 0 Å². The van der Waals surface area contributed by atoms with Crippen molar-refractivity contribution < 1.29 is 9.47 Å². The van der Waals surface area contributed by atoms with Crippen molar-refractivity contribution in [2.75, 3.05) is 6.54 Å². The monoisotopic (exact) mass is 241 g/mol. The third kappa shape index (κ3) is 1.97. The molecule has 0 amide bonds. The maximum atomic E-state index is 6.18. The molecule has 2 rings (SSSR count). The Bertz CT molecular complexity index is 418. The molecule has 0 aliphatic carbocycles. The zero-order valence-corrected chi connectivity index (χ0v) is 10.5. The van der Waals surface area contributed by atoms with E-state index in [1.807, 2.05) is 26.8 Å². The van der Waals surface area contributed by atoms with E-state index in [0.717, 1.165) is 11.3 Å². The Balaban J connectivity index is 2.41. The lowest BCUT2D eigenvalue weighted by Gasteiger charge is -2.16. The third-order valence-electron chi connectivity index (χ3n) is 2.66. The van der Waals surface area contributed by atoms with Gasteiger partial charge in [0, 0.05) is 24.9 Å². The van der Waals surface area contributed by atoms with Gasteiger partial charge in [0.2, 0.25) is 5.79 Å². The Kier molecular flexibility index (Phi) is 2.76. The average molecular weight is 242 g/mol. The molecule has 1 aromatic carbocycles. The van der Waals surface area contributed by atoms with Gasteiger partial charge in [-0.05, 0) is 24.1 Å². The SMILES string of the molecule is CC(CN)c1cc2c(cc1Cl)OC(C)(C)O2. The molecule has 16 heavy (non-hydrogen) atoms. The summed E-state index contributed by atoms with van der Waals surface area (Å²) in [6.45, 7) is 6.33. The summed E-state index contributed by atoms with van der Waals surface area (Å²) < 4.78 is 11.3. The lowest BCUT2D eigenvalue weighted by Crippen LogP contribution is -2.29. The second kappa shape index (κ2) is 3.82. The van der Waals surface area contributed by atoms with Crippen LogP contribution in [-0.4, -0.2) is 12.3 Å². The molecular formula is C12H16ClNO2. The summed E-state index contributed by atoms with van der Waals surface area (Å²) in [5, 5.41) is 0.679. The number of hydrogen-bond donors (Lipinski definition) is 1. The van der Waals surface area contributed by atoms with Crippen molar-refractivity contribution in [3.8, 4) is 11.5 Å². The molecule has 1 aliphatic heterocycles. The fourth-order valence-electron chi connectivity index (χ4n) is 1.77. The largest absolute Gasteiger partial charge is 0.449 e. The Hall–Kier alpha value is -0.930. The maximum Gasteiger partial charge on any atom is 0.246 e. The summed E-state index contributed by atoms with van der Waals surface area (Å²) in [6.07, 6.45) is 0. The van der Waals surface area contributed by atoms with E-state index in [4.69, 9.17) is 26.8 Å². The summed E-state index contributed by atoms with van der Waals surface area (Å²) in [5.41, 5.74) is 6.64. The van der Waals surface area contributed by atoms with Gasteiger partial charge in [0.05, 0.1) is 0 Å². The smallest absolute Gasteiger partial charge is 0.246 e. The van der Waals surface area contributed by atoms with E-state index in [-0.39, 0.29) is 5.92 Å². The van der Waals surface area contributed by atoms with Crippen molar-refractivity contribution in [1.82, 2.24) is 0 Å². The Morgan fingerprint density at radius 3 is 2.44 bits per heavy atom. The molecule has 0 spiro atoms. The standard InChI is InChI=1S/C12H16ClNO2/c1-7(6-14)8-4-10-11(5-9(8)13)16-12(2,3)15-10/h4-5,7H,6,14H2,1-3H3. The van der Waals surface area contributed by atoms with Crippen LogP contribution in [0.1, 0.15) is 32.3 Å². The number of ether oxygens (including phenoxy) is 2. The molecule has 88 valence electrons. The number of rotatable bonds is 2.